The number of aromatic nitrogens is 1. The van der Waals surface area contributed by atoms with Crippen LogP contribution < -0.4 is 5.48 Å². The Morgan fingerprint density at radius 2 is 1.27 bits per heavy atom. The number of carbonyl (C=O) groups is 4. The number of hydroxylamine groups is 1. The number of hydrogen-bond donors (Lipinski definition) is 4. The topological polar surface area (TPSA) is 179 Å². The van der Waals surface area contributed by atoms with Crippen LogP contribution in [0, 0.1) is 49.4 Å². The number of benzene rings is 2. The normalized spacial score (nSPS) is 16.7. The number of likely N-dealkylation sites (N-methyl/N-ethyl adjacent to an activating group) is 1. The Morgan fingerprint density at radius 1 is 0.776 bits per heavy atom. The van der Waals surface area contributed by atoms with Gasteiger partial charge in [0.05, 0.1) is 44.8 Å². The molecule has 0 bridgehead atoms. The van der Waals surface area contributed by atoms with E-state index in [1.807, 2.05) is 53.6 Å². The Labute approximate surface area is 326 Å². The Hall–Kier alpha value is -2.67. The molecule has 0 saturated carbocycles. The predicted molar refractivity (Wildman–Crippen MR) is 178 cm³/mol. The maximum Gasteiger partial charge on any atom is 3.00 e. The van der Waals surface area contributed by atoms with Gasteiger partial charge in [-0.05, 0) is 23.1 Å². The van der Waals surface area contributed by atoms with Gasteiger partial charge < -0.3 is 25.1 Å². The average Bonchev–Trinajstić information content (AvgIpc) is 3.05. The van der Waals surface area contributed by atoms with Crippen LogP contribution >= 0.6 is 0 Å². The molecule has 3 aromatic rings. The molecular formula is C33H45EuN7O8+3. The summed E-state index contributed by atoms with van der Waals surface area (Å²) in [5, 5.41) is 31.5. The Kier molecular flexibility index (Phi) is 16.8. The van der Waals surface area contributed by atoms with Crippen molar-refractivity contribution in [2.24, 2.45) is 0 Å². The van der Waals surface area contributed by atoms with Gasteiger partial charge >= 0.3 is 67.3 Å². The second-order valence-corrected chi connectivity index (χ2v) is 12.0. The van der Waals surface area contributed by atoms with Crippen molar-refractivity contribution in [3.05, 3.63) is 54.2 Å². The third-order valence-corrected chi connectivity index (χ3v) is 8.65. The fourth-order valence-corrected chi connectivity index (χ4v) is 5.99. The fraction of sp³-hybridized carbons (Fsp3) is 0.485. The quantitative estimate of drug-likeness (QED) is 0.139. The first-order valence-corrected chi connectivity index (χ1v) is 15.9. The molecule has 2 heterocycles. The number of carbonyl (C=O) groups excluding carboxylic acids is 1. The number of fused-ring (bicyclic) bond motifs is 3. The number of amides is 1. The molecule has 1 aliphatic heterocycles. The average molecular weight is 820 g/mol. The van der Waals surface area contributed by atoms with Crippen LogP contribution in [0.5, 0.6) is 0 Å². The van der Waals surface area contributed by atoms with Gasteiger partial charge in [-0.3, -0.25) is 43.8 Å². The third-order valence-electron chi connectivity index (χ3n) is 8.65. The molecule has 264 valence electrons. The molecule has 2 aromatic carbocycles. The van der Waals surface area contributed by atoms with Crippen molar-refractivity contribution in [1.82, 2.24) is 35.0 Å². The molecule has 1 atom stereocenters. The summed E-state index contributed by atoms with van der Waals surface area (Å²) in [4.78, 5) is 67.2. The van der Waals surface area contributed by atoms with Gasteiger partial charge in [0.1, 0.15) is 0 Å². The number of nitrogens with one attached hydrogen (secondary N) is 1. The third kappa shape index (κ3) is 12.6. The second-order valence-electron chi connectivity index (χ2n) is 12.0. The smallest absolute Gasteiger partial charge is 0.480 e. The molecule has 1 aromatic heterocycles. The molecule has 1 saturated heterocycles. The first-order valence-electron chi connectivity index (χ1n) is 15.9. The zero-order valence-electron chi connectivity index (χ0n) is 27.8. The largest absolute Gasteiger partial charge is 3.00 e. The molecule has 16 heteroatoms. The van der Waals surface area contributed by atoms with Crippen molar-refractivity contribution < 1.29 is 88.7 Å². The van der Waals surface area contributed by atoms with E-state index in [9.17, 15) is 34.5 Å². The summed E-state index contributed by atoms with van der Waals surface area (Å²) in [6.45, 7) is 2.17. The van der Waals surface area contributed by atoms with Crippen LogP contribution in [-0.4, -0.2) is 168 Å². The van der Waals surface area contributed by atoms with Crippen LogP contribution in [0.2, 0.25) is 0 Å². The van der Waals surface area contributed by atoms with Crippen molar-refractivity contribution >= 4 is 45.5 Å². The number of carboxylic acids is 3. The van der Waals surface area contributed by atoms with E-state index >= 15 is 0 Å². The number of hydrogen-bond acceptors (Lipinski definition) is 11. The molecule has 4 N–H and O–H groups in total. The van der Waals surface area contributed by atoms with Gasteiger partial charge in [-0.1, -0.05) is 30.3 Å². The molecule has 15 nitrogen and oxygen atoms in total. The molecule has 0 aliphatic carbocycles. The Morgan fingerprint density at radius 3 is 1.76 bits per heavy atom. The van der Waals surface area contributed by atoms with Crippen molar-refractivity contribution in [2.45, 2.75) is 6.04 Å². The zero-order chi connectivity index (χ0) is 34.6. The Bertz CT molecular complexity index is 1550. The summed E-state index contributed by atoms with van der Waals surface area (Å²) < 4.78 is 0. The molecular weight excluding hydrogens is 774 g/mol. The number of aliphatic carboxylic acids is 3. The van der Waals surface area contributed by atoms with Gasteiger partial charge in [0.25, 0.3) is 0 Å². The van der Waals surface area contributed by atoms with Crippen LogP contribution in [0.1, 0.15) is 11.6 Å². The first kappa shape index (κ1) is 40.8. The number of nitrogens with zero attached hydrogens (tertiary/aromatic N) is 6. The fourth-order valence-electron chi connectivity index (χ4n) is 5.99. The summed E-state index contributed by atoms with van der Waals surface area (Å²) in [7, 11) is 3.25. The van der Waals surface area contributed by atoms with Crippen molar-refractivity contribution in [1.29, 1.82) is 0 Å². The zero-order valence-corrected chi connectivity index (χ0v) is 30.3. The maximum absolute atomic E-state index is 13.9. The van der Waals surface area contributed by atoms with E-state index in [1.165, 1.54) is 7.11 Å². The van der Waals surface area contributed by atoms with E-state index in [2.05, 4.69) is 10.5 Å². The molecule has 1 amide bonds. The number of rotatable bonds is 13. The van der Waals surface area contributed by atoms with E-state index < -0.39 is 23.9 Å². The van der Waals surface area contributed by atoms with E-state index in [4.69, 9.17) is 4.84 Å². The van der Waals surface area contributed by atoms with Crippen molar-refractivity contribution in [3.8, 4) is 0 Å². The maximum atomic E-state index is 13.9. The number of carboxylic acid groups (broad SMARTS) is 3. The standard InChI is InChI=1S/C33H45N7O8.Eu/c1-36(29(19-35-48-2)24-7-8-28-27(17-24)26-6-4-3-5-25(26)18-34-28)30(41)20-37-9-11-38(21-31(42)43)13-15-40(23-33(46)47)16-14-39(12-10-37)22-32(44)45;/h3-8,17-18,29,35H,9-16,19-23H2,1-2H3,(H,42,43)(H,44,45)(H,46,47);/q;+3. The van der Waals surface area contributed by atoms with Gasteiger partial charge in [-0.15, -0.1) is 0 Å². The monoisotopic (exact) mass is 820 g/mol. The summed E-state index contributed by atoms with van der Waals surface area (Å²) in [6, 6.07) is 13.5. The summed E-state index contributed by atoms with van der Waals surface area (Å²) in [5.74, 6) is -3.20. The van der Waals surface area contributed by atoms with Gasteiger partial charge in [0, 0.05) is 82.9 Å². The van der Waals surface area contributed by atoms with Gasteiger partial charge in [-0.2, -0.15) is 0 Å². The van der Waals surface area contributed by atoms with Crippen molar-refractivity contribution in [2.75, 3.05) is 99.2 Å². The van der Waals surface area contributed by atoms with Gasteiger partial charge in [0.15, 0.2) is 0 Å². The minimum atomic E-state index is -1.02. The minimum Gasteiger partial charge on any atom is -0.480 e. The van der Waals surface area contributed by atoms with Crippen LogP contribution in [-0.2, 0) is 24.0 Å². The number of pyridine rings is 1. The van der Waals surface area contributed by atoms with E-state index in [0.717, 1.165) is 27.2 Å². The SMILES string of the molecule is CONCC(c1ccc2ncc3ccccc3c2c1)N(C)C(=O)CN1CCN(CC(=O)O)CCN(CC(=O)O)CCN(CC(=O)O)CC1.[Eu+3]. The van der Waals surface area contributed by atoms with E-state index in [1.54, 1.807) is 26.6 Å². The Balaban J connectivity index is 0.00000650. The summed E-state index contributed by atoms with van der Waals surface area (Å²) in [6.07, 6.45) is 1.84. The van der Waals surface area contributed by atoms with Crippen LogP contribution in [0.25, 0.3) is 21.7 Å². The molecule has 0 radical (unpaired) electrons. The van der Waals surface area contributed by atoms with Gasteiger partial charge in [-0.25, -0.2) is 5.48 Å². The van der Waals surface area contributed by atoms with E-state index in [0.29, 0.717) is 58.9 Å². The minimum absolute atomic E-state index is 0. The molecule has 1 unspecified atom stereocenters. The molecule has 4 rings (SSSR count). The summed E-state index contributed by atoms with van der Waals surface area (Å²) in [5.41, 5.74) is 4.62. The van der Waals surface area contributed by atoms with Crippen LogP contribution in [0.4, 0.5) is 0 Å². The van der Waals surface area contributed by atoms with Crippen LogP contribution in [0.3, 0.4) is 0 Å². The van der Waals surface area contributed by atoms with Crippen LogP contribution in [0.15, 0.2) is 48.7 Å². The molecule has 0 spiro atoms. The molecule has 1 fully saturated rings. The van der Waals surface area contributed by atoms with Gasteiger partial charge in [0.2, 0.25) is 5.91 Å². The molecule has 1 aliphatic rings. The molecule has 49 heavy (non-hydrogen) atoms. The summed E-state index contributed by atoms with van der Waals surface area (Å²) >= 11 is 0. The first-order chi connectivity index (χ1) is 23.0. The predicted octanol–water partition coefficient (Wildman–Crippen LogP) is 0.514. The van der Waals surface area contributed by atoms with E-state index in [-0.39, 0.29) is 81.5 Å². The van der Waals surface area contributed by atoms with Crippen molar-refractivity contribution in [3.63, 3.8) is 0 Å². The second kappa shape index (κ2) is 20.3.